The molecule has 0 saturated carbocycles. The van der Waals surface area contributed by atoms with Crippen LogP contribution in [-0.4, -0.2) is 25.0 Å². The summed E-state index contributed by atoms with van der Waals surface area (Å²) in [5.74, 6) is -0.296. The molecule has 1 heterocycles. The molecule has 4 aliphatic carbocycles. The van der Waals surface area contributed by atoms with Crippen molar-refractivity contribution in [3.05, 3.63) is 22.3 Å². The van der Waals surface area contributed by atoms with E-state index in [1.165, 1.54) is 238 Å². The van der Waals surface area contributed by atoms with Crippen LogP contribution in [0.15, 0.2) is 0 Å². The van der Waals surface area contributed by atoms with Crippen molar-refractivity contribution in [1.29, 1.82) is 0 Å². The molecule has 1 aliphatic heterocycles. The predicted octanol–water partition coefficient (Wildman–Crippen LogP) is 15.0. The first-order chi connectivity index (χ1) is 33.7. The zero-order valence-corrected chi connectivity index (χ0v) is 34.3. The van der Waals surface area contributed by atoms with Crippen molar-refractivity contribution in [3.8, 4) is 0 Å². The Morgan fingerprint density at radius 3 is 0.632 bits per heavy atom. The Hall–Kier alpha value is -8.60. The van der Waals surface area contributed by atoms with Gasteiger partial charge in [0.1, 0.15) is 11.5 Å². The van der Waals surface area contributed by atoms with Gasteiger partial charge in [-0.25, -0.2) is 4.79 Å². The quantitative estimate of drug-likeness (QED) is 0.132. The van der Waals surface area contributed by atoms with Gasteiger partial charge in [-0.2, -0.15) is 0 Å². The second-order valence-corrected chi connectivity index (χ2v) is 24.7. The molecule has 33 rings (SSSR count). The number of carbonyl (C=O) groups excluding carboxylic acids is 2. The number of ether oxygens (including phenoxy) is 1. The molecule has 2 spiro atoms. The molecular formula is C64H5NO3. The van der Waals surface area contributed by atoms with E-state index >= 15 is 9.59 Å². The molecule has 28 aromatic carbocycles. The Morgan fingerprint density at radius 1 is 0.294 bits per heavy atom. The van der Waals surface area contributed by atoms with E-state index in [0.717, 1.165) is 0 Å². The van der Waals surface area contributed by atoms with E-state index in [0.29, 0.717) is 0 Å². The maximum Gasteiger partial charge on any atom is 0.329 e. The molecule has 28 aromatic rings. The first kappa shape index (κ1) is 24.8. The smallest absolute Gasteiger partial charge is 0.329 e. The van der Waals surface area contributed by atoms with Gasteiger partial charge in [0.25, 0.3) is 0 Å². The number of benzene rings is 18. The number of rotatable bonds is 1. The maximum atomic E-state index is 16.9. The number of esters is 1. The summed E-state index contributed by atoms with van der Waals surface area (Å²) >= 11 is 0. The monoisotopic (exact) mass is 835 g/mol. The van der Waals surface area contributed by atoms with E-state index < -0.39 is 16.9 Å². The summed E-state index contributed by atoms with van der Waals surface area (Å²) in [6.07, 6.45) is 0. The van der Waals surface area contributed by atoms with Gasteiger partial charge in [0.2, 0.25) is 5.91 Å². The fourth-order valence-corrected chi connectivity index (χ4v) is 24.9. The second-order valence-electron chi connectivity index (χ2n) is 24.7. The lowest BCUT2D eigenvalue weighted by Gasteiger charge is -2.49. The van der Waals surface area contributed by atoms with Gasteiger partial charge in [0.15, 0.2) is 0 Å². The van der Waals surface area contributed by atoms with Crippen molar-refractivity contribution in [2.24, 2.45) is 0 Å². The number of amides is 1. The van der Waals surface area contributed by atoms with E-state index in [4.69, 9.17) is 4.74 Å². The standard InChI is InChI=1S/C64H5NO3/c1-68-61(66)60-63-56-48-40-30-20-12-4-2-3-6-10-8(4)16-24-18(10)28-22-14(6)15-7(3)11-9-5(2)13(12)21-27-17(9)25-19(11)29-23(15)33-32(22)42-36(28)46-38(24)44(34(40)26(16)20)50(56)52(46)58-54(42)55-43(33)37(29)47-39(25)45-35(27)41(31(21)30)49(48)57(63)51(45)53(47)59(55)64(58,63)62(67)65-60/h60H,1H3,(H,65,67). The van der Waals surface area contributed by atoms with Crippen molar-refractivity contribution < 1.29 is 14.3 Å². The van der Waals surface area contributed by atoms with Crippen molar-refractivity contribution in [2.45, 2.75) is 16.9 Å². The average molecular weight is 836 g/mol. The molecule has 1 N–H and O–H groups in total. The summed E-state index contributed by atoms with van der Waals surface area (Å²) in [4.78, 5) is 32.4. The van der Waals surface area contributed by atoms with Crippen LogP contribution in [0, 0.1) is 0 Å². The Kier molecular flexibility index (Phi) is 1.98. The largest absolute Gasteiger partial charge is 0.467 e. The van der Waals surface area contributed by atoms with Crippen LogP contribution >= 0.6 is 0 Å². The Labute approximate surface area is 366 Å². The number of carbonyl (C=O) groups is 2. The average Bonchev–Trinajstić information content (AvgIpc) is 4.28. The van der Waals surface area contributed by atoms with Gasteiger partial charge in [-0.15, -0.1) is 0 Å². The Bertz CT molecular complexity index is 7030. The fraction of sp³-hybridized carbons (Fsp3) is 0.0625. The summed E-state index contributed by atoms with van der Waals surface area (Å²) in [7, 11) is 1.56. The summed E-state index contributed by atoms with van der Waals surface area (Å²) in [5, 5.41) is 84.1. The molecule has 68 heavy (non-hydrogen) atoms. The highest BCUT2D eigenvalue weighted by Gasteiger charge is 2.79. The number of nitrogens with one attached hydrogen (secondary N) is 1. The lowest BCUT2D eigenvalue weighted by atomic mass is 9.48. The molecule has 284 valence electrons. The zero-order chi connectivity index (χ0) is 40.6. The second kappa shape index (κ2) is 5.42. The molecule has 5 aliphatic rings. The molecule has 0 aromatic heterocycles. The molecule has 4 nitrogen and oxygen atoms in total. The first-order valence-electron chi connectivity index (χ1n) is 24.9. The van der Waals surface area contributed by atoms with E-state index in [9.17, 15) is 0 Å². The summed E-state index contributed by atoms with van der Waals surface area (Å²) in [6, 6.07) is -0.879. The lowest BCUT2D eigenvalue weighted by Crippen LogP contribution is -2.57. The van der Waals surface area contributed by atoms with E-state index in [1.54, 1.807) is 82.5 Å². The van der Waals surface area contributed by atoms with Crippen LogP contribution < -0.4 is 5.32 Å². The molecule has 4 heteroatoms. The molecule has 0 bridgehead atoms. The van der Waals surface area contributed by atoms with Crippen LogP contribution in [0.25, 0.3) is 291 Å². The van der Waals surface area contributed by atoms with Crippen LogP contribution in [0.4, 0.5) is 0 Å². The maximum absolute atomic E-state index is 16.9. The predicted molar refractivity (Wildman–Crippen MR) is 278 cm³/mol. The minimum Gasteiger partial charge on any atom is -0.467 e. The molecule has 1 unspecified atom stereocenters. The number of hydrogen-bond donors (Lipinski definition) is 1. The molecule has 0 radical (unpaired) electrons. The van der Waals surface area contributed by atoms with Gasteiger partial charge < -0.3 is 10.1 Å². The van der Waals surface area contributed by atoms with Gasteiger partial charge in [-0.05, 0) is 313 Å². The number of methoxy groups -OCH3 is 1. The minimum atomic E-state index is -1.14. The molecular weight excluding hydrogens is 831 g/mol. The third-order valence-electron chi connectivity index (χ3n) is 24.9. The van der Waals surface area contributed by atoms with Crippen LogP contribution in [0.5, 0.6) is 0 Å². The van der Waals surface area contributed by atoms with E-state index in [2.05, 4.69) is 5.32 Å². The lowest BCUT2D eigenvalue weighted by molar-refractivity contribution is -0.144. The topological polar surface area (TPSA) is 55.4 Å². The van der Waals surface area contributed by atoms with E-state index in [1.807, 2.05) is 0 Å². The van der Waals surface area contributed by atoms with Crippen molar-refractivity contribution in [1.82, 2.24) is 5.32 Å². The summed E-state index contributed by atoms with van der Waals surface area (Å²) in [6.45, 7) is 0. The first-order valence-corrected chi connectivity index (χ1v) is 24.9. The Morgan fingerprint density at radius 2 is 0.456 bits per heavy atom. The third-order valence-corrected chi connectivity index (χ3v) is 24.9. The SMILES string of the molecule is COC(=O)C1NC(=O)C23c4c5c6c7c8c9c(c%10c%11c2c2c4c4c%12c5c5c6c6c8c8c%13c9c9c%10c%10c%11c%11c2c2c4c4c%12c%12c5c5c6c8c6c8c%13c9c9c%10c%10c%11c2c2c4c4c%12c5c6c5c8c9c%10c2c45)C713. The van der Waals surface area contributed by atoms with E-state index in [-0.39, 0.29) is 11.9 Å². The summed E-state index contributed by atoms with van der Waals surface area (Å²) < 4.78 is 6.07. The molecule has 1 atom stereocenters. The van der Waals surface area contributed by atoms with Gasteiger partial charge in [0.05, 0.1) is 12.5 Å². The van der Waals surface area contributed by atoms with Crippen LogP contribution in [-0.2, 0) is 25.2 Å². The highest BCUT2D eigenvalue weighted by atomic mass is 16.5. The molecule has 1 saturated heterocycles. The zero-order valence-electron chi connectivity index (χ0n) is 34.3. The summed E-state index contributed by atoms with van der Waals surface area (Å²) in [5.41, 5.74) is 2.91. The van der Waals surface area contributed by atoms with Crippen molar-refractivity contribution in [3.63, 3.8) is 0 Å². The Balaban J connectivity index is 1.24. The third kappa shape index (κ3) is 1.22. The van der Waals surface area contributed by atoms with Gasteiger partial charge in [0, 0.05) is 0 Å². The molecule has 1 fully saturated rings. The molecule has 1 amide bonds. The normalized spacial score (nSPS) is 23.8. The minimum absolute atomic E-state index is 0.0166. The van der Waals surface area contributed by atoms with Crippen LogP contribution in [0.2, 0.25) is 0 Å². The fourth-order valence-electron chi connectivity index (χ4n) is 24.9. The van der Waals surface area contributed by atoms with Crippen molar-refractivity contribution in [2.75, 3.05) is 7.11 Å². The van der Waals surface area contributed by atoms with Crippen LogP contribution in [0.1, 0.15) is 22.3 Å². The van der Waals surface area contributed by atoms with Gasteiger partial charge >= 0.3 is 5.97 Å². The van der Waals surface area contributed by atoms with Crippen LogP contribution in [0.3, 0.4) is 0 Å². The van der Waals surface area contributed by atoms with Gasteiger partial charge in [-0.1, -0.05) is 0 Å². The highest BCUT2D eigenvalue weighted by Crippen LogP contribution is 2.85. The van der Waals surface area contributed by atoms with Crippen molar-refractivity contribution >= 4 is 303 Å². The van der Waals surface area contributed by atoms with Gasteiger partial charge in [-0.3, -0.25) is 4.79 Å². The number of hydrogen-bond acceptors (Lipinski definition) is 3. The highest BCUT2D eigenvalue weighted by molar-refractivity contribution is 6.82.